The van der Waals surface area contributed by atoms with Gasteiger partial charge in [0, 0.05) is 25.2 Å². The van der Waals surface area contributed by atoms with Gasteiger partial charge in [0.05, 0.1) is 0 Å². The lowest BCUT2D eigenvalue weighted by molar-refractivity contribution is 0.112. The molecule has 0 fully saturated rings. The minimum Gasteiger partial charge on any atom is -0.329 e. The predicted octanol–water partition coefficient (Wildman–Crippen LogP) is 4.11. The van der Waals surface area contributed by atoms with Gasteiger partial charge in [0.2, 0.25) is 0 Å². The maximum absolute atomic E-state index is 13.5. The molecule has 0 bridgehead atoms. The van der Waals surface area contributed by atoms with Gasteiger partial charge in [-0.05, 0) is 36.5 Å². The van der Waals surface area contributed by atoms with Crippen LogP contribution in [0.5, 0.6) is 0 Å². The third-order valence-electron chi connectivity index (χ3n) is 3.94. The van der Waals surface area contributed by atoms with Crippen LogP contribution in [0.3, 0.4) is 0 Å². The van der Waals surface area contributed by atoms with Gasteiger partial charge in [0.1, 0.15) is 0 Å². The van der Waals surface area contributed by atoms with E-state index in [2.05, 4.69) is 32.6 Å². The molecule has 0 aliphatic carbocycles. The lowest BCUT2D eigenvalue weighted by atomic mass is 9.99. The second-order valence-corrected chi connectivity index (χ2v) is 5.99. The maximum atomic E-state index is 13.5. The van der Waals surface area contributed by atoms with Crippen molar-refractivity contribution < 1.29 is 8.78 Å². The van der Waals surface area contributed by atoms with Crippen molar-refractivity contribution in [1.82, 2.24) is 4.90 Å². The van der Waals surface area contributed by atoms with E-state index in [0.29, 0.717) is 18.5 Å². The van der Waals surface area contributed by atoms with Gasteiger partial charge in [-0.1, -0.05) is 33.8 Å². The summed E-state index contributed by atoms with van der Waals surface area (Å²) in [6, 6.07) is 4.43. The first-order valence-corrected chi connectivity index (χ1v) is 7.85. The molecule has 1 rings (SSSR count). The highest BCUT2D eigenvalue weighted by Gasteiger charge is 2.26. The fraction of sp³-hybridized carbons (Fsp3) is 0.647. The fourth-order valence-electron chi connectivity index (χ4n) is 2.89. The van der Waals surface area contributed by atoms with Gasteiger partial charge in [-0.2, -0.15) is 0 Å². The van der Waals surface area contributed by atoms with Gasteiger partial charge >= 0.3 is 0 Å². The zero-order valence-corrected chi connectivity index (χ0v) is 13.6. The fourth-order valence-corrected chi connectivity index (χ4v) is 2.89. The molecule has 4 heteroatoms. The molecule has 0 spiro atoms. The quantitative estimate of drug-likeness (QED) is 0.782. The van der Waals surface area contributed by atoms with Gasteiger partial charge in [0.15, 0.2) is 11.6 Å². The van der Waals surface area contributed by atoms with E-state index in [4.69, 9.17) is 5.73 Å². The summed E-state index contributed by atoms with van der Waals surface area (Å²) in [7, 11) is 0. The van der Waals surface area contributed by atoms with Gasteiger partial charge in [-0.25, -0.2) is 8.78 Å². The molecular formula is C17H28F2N2. The van der Waals surface area contributed by atoms with Crippen molar-refractivity contribution in [2.75, 3.05) is 13.1 Å². The summed E-state index contributed by atoms with van der Waals surface area (Å²) in [5.74, 6) is -1.13. The summed E-state index contributed by atoms with van der Waals surface area (Å²) in [4.78, 5) is 2.34. The minimum atomic E-state index is -0.813. The first kappa shape index (κ1) is 18.1. The Balaban J connectivity index is 3.12. The van der Waals surface area contributed by atoms with E-state index in [1.807, 2.05) is 0 Å². The minimum absolute atomic E-state index is 0.0765. The van der Waals surface area contributed by atoms with Gasteiger partial charge in [-0.3, -0.25) is 4.90 Å². The third kappa shape index (κ3) is 4.75. The lowest BCUT2D eigenvalue weighted by Gasteiger charge is -2.38. The molecule has 0 saturated carbocycles. The largest absolute Gasteiger partial charge is 0.329 e. The standard InChI is InChI=1S/C17H28F2N2/c1-5-14(6-2)21(11-12(3)4)17(10-20)13-7-8-15(18)16(19)9-13/h7-9,12,14,17H,5-6,10-11,20H2,1-4H3. The molecule has 0 aromatic heterocycles. The summed E-state index contributed by atoms with van der Waals surface area (Å²) < 4.78 is 26.7. The van der Waals surface area contributed by atoms with Crippen LogP contribution >= 0.6 is 0 Å². The van der Waals surface area contributed by atoms with Gasteiger partial charge < -0.3 is 5.73 Å². The van der Waals surface area contributed by atoms with Crippen LogP contribution in [-0.4, -0.2) is 24.0 Å². The van der Waals surface area contributed by atoms with E-state index in [0.717, 1.165) is 24.9 Å². The molecule has 1 aromatic rings. The van der Waals surface area contributed by atoms with Crippen LogP contribution < -0.4 is 5.73 Å². The predicted molar refractivity (Wildman–Crippen MR) is 84.1 cm³/mol. The van der Waals surface area contributed by atoms with Crippen LogP contribution in [-0.2, 0) is 0 Å². The van der Waals surface area contributed by atoms with Crippen molar-refractivity contribution in [3.05, 3.63) is 35.4 Å². The Labute approximate surface area is 127 Å². The topological polar surface area (TPSA) is 29.3 Å². The normalized spacial score (nSPS) is 13.4. The smallest absolute Gasteiger partial charge is 0.159 e. The van der Waals surface area contributed by atoms with Crippen LogP contribution in [0.2, 0.25) is 0 Å². The van der Waals surface area contributed by atoms with Crippen molar-refractivity contribution in [1.29, 1.82) is 0 Å². The van der Waals surface area contributed by atoms with Gasteiger partial charge in [0.25, 0.3) is 0 Å². The molecule has 0 amide bonds. The number of hydrogen-bond donors (Lipinski definition) is 1. The molecule has 2 N–H and O–H groups in total. The van der Waals surface area contributed by atoms with E-state index < -0.39 is 11.6 Å². The second-order valence-electron chi connectivity index (χ2n) is 5.99. The number of benzene rings is 1. The molecule has 0 radical (unpaired) electrons. The van der Waals surface area contributed by atoms with Crippen molar-refractivity contribution in [2.24, 2.45) is 11.7 Å². The molecule has 1 atom stereocenters. The van der Waals surface area contributed by atoms with Gasteiger partial charge in [-0.15, -0.1) is 0 Å². The number of hydrogen-bond acceptors (Lipinski definition) is 2. The first-order valence-electron chi connectivity index (χ1n) is 7.85. The molecule has 0 aliphatic rings. The highest BCUT2D eigenvalue weighted by Crippen LogP contribution is 2.27. The Morgan fingerprint density at radius 2 is 1.71 bits per heavy atom. The molecule has 0 heterocycles. The van der Waals surface area contributed by atoms with Crippen molar-refractivity contribution in [2.45, 2.75) is 52.6 Å². The first-order chi connectivity index (χ1) is 9.94. The molecule has 2 nitrogen and oxygen atoms in total. The second kappa shape index (κ2) is 8.44. The molecule has 1 unspecified atom stereocenters. The molecular weight excluding hydrogens is 270 g/mol. The van der Waals surface area contributed by atoms with Crippen LogP contribution in [0, 0.1) is 17.6 Å². The third-order valence-corrected chi connectivity index (χ3v) is 3.94. The monoisotopic (exact) mass is 298 g/mol. The number of nitrogens with two attached hydrogens (primary N) is 1. The molecule has 0 saturated heterocycles. The van der Waals surface area contributed by atoms with E-state index >= 15 is 0 Å². The maximum Gasteiger partial charge on any atom is 0.159 e. The number of halogens is 2. The van der Waals surface area contributed by atoms with E-state index in [-0.39, 0.29) is 6.04 Å². The summed E-state index contributed by atoms with van der Waals surface area (Å²) in [6.07, 6.45) is 2.03. The Bertz CT molecular complexity index is 431. The lowest BCUT2D eigenvalue weighted by Crippen LogP contribution is -2.43. The van der Waals surface area contributed by atoms with Crippen molar-refractivity contribution in [3.8, 4) is 0 Å². The summed E-state index contributed by atoms with van der Waals surface area (Å²) in [5.41, 5.74) is 6.71. The number of rotatable bonds is 8. The Morgan fingerprint density at radius 3 is 2.14 bits per heavy atom. The summed E-state index contributed by atoms with van der Waals surface area (Å²) in [6.45, 7) is 9.92. The molecule has 21 heavy (non-hydrogen) atoms. The van der Waals surface area contributed by atoms with Crippen molar-refractivity contribution >= 4 is 0 Å². The van der Waals surface area contributed by atoms with Crippen molar-refractivity contribution in [3.63, 3.8) is 0 Å². The summed E-state index contributed by atoms with van der Waals surface area (Å²) >= 11 is 0. The molecule has 0 aliphatic heterocycles. The Morgan fingerprint density at radius 1 is 1.10 bits per heavy atom. The summed E-state index contributed by atoms with van der Waals surface area (Å²) in [5, 5.41) is 0. The van der Waals surface area contributed by atoms with Crippen LogP contribution in [0.4, 0.5) is 8.78 Å². The average molecular weight is 298 g/mol. The zero-order chi connectivity index (χ0) is 16.0. The highest BCUT2D eigenvalue weighted by atomic mass is 19.2. The van der Waals surface area contributed by atoms with Crippen LogP contribution in [0.1, 0.15) is 52.1 Å². The van der Waals surface area contributed by atoms with E-state index in [1.54, 1.807) is 6.07 Å². The average Bonchev–Trinajstić information content (AvgIpc) is 2.44. The van der Waals surface area contributed by atoms with E-state index in [1.165, 1.54) is 12.1 Å². The number of nitrogens with zero attached hydrogens (tertiary/aromatic N) is 1. The highest BCUT2D eigenvalue weighted by molar-refractivity contribution is 5.22. The van der Waals surface area contributed by atoms with Crippen LogP contribution in [0.15, 0.2) is 18.2 Å². The molecule has 1 aromatic carbocycles. The molecule has 120 valence electrons. The Hall–Kier alpha value is -1.00. The van der Waals surface area contributed by atoms with E-state index in [9.17, 15) is 8.78 Å². The Kier molecular flexibility index (Phi) is 7.26. The SMILES string of the molecule is CCC(CC)N(CC(C)C)C(CN)c1ccc(F)c(F)c1. The zero-order valence-electron chi connectivity index (χ0n) is 13.6. The van der Waals surface area contributed by atoms with Crippen LogP contribution in [0.25, 0.3) is 0 Å².